The Labute approximate surface area is 222 Å². The van der Waals surface area contributed by atoms with Crippen LogP contribution in [0, 0.1) is 17.5 Å². The highest BCUT2D eigenvalue weighted by Crippen LogP contribution is 2.25. The zero-order chi connectivity index (χ0) is 28.0. The Morgan fingerprint density at radius 1 is 0.974 bits per heavy atom. The third-order valence-electron chi connectivity index (χ3n) is 4.96. The number of benzene rings is 3. The van der Waals surface area contributed by atoms with E-state index in [1.165, 1.54) is 42.5 Å². The predicted octanol–water partition coefficient (Wildman–Crippen LogP) is 6.33. The van der Waals surface area contributed by atoms with E-state index in [9.17, 15) is 31.1 Å². The molecule has 0 aliphatic carbocycles. The van der Waals surface area contributed by atoms with Gasteiger partial charge in [0.2, 0.25) is 5.96 Å². The Morgan fingerprint density at radius 2 is 1.68 bits per heavy atom. The van der Waals surface area contributed by atoms with Crippen molar-refractivity contribution in [1.29, 1.82) is 0 Å². The van der Waals surface area contributed by atoms with Gasteiger partial charge in [0.15, 0.2) is 17.5 Å². The molecule has 2 atom stereocenters. The first-order valence-electron chi connectivity index (χ1n) is 10.7. The standard InChI is InChI=1S/C24H19Cl2F6N5O/c25-13-3-1-4-14(10-13)34-20(11-19(33)24(30,31)32)36-23(35-18-6-2-5-15(26)21(18)29)37-22(38)12-7-8-16(27)17(28)9-12/h1-10,19-20,34H,11,33H2,(H2,35,36,37,38). The molecule has 0 aliphatic heterocycles. The molecule has 0 saturated heterocycles. The van der Waals surface area contributed by atoms with Gasteiger partial charge in [0.05, 0.1) is 10.7 Å². The molecule has 202 valence electrons. The van der Waals surface area contributed by atoms with Crippen LogP contribution in [0.4, 0.5) is 37.7 Å². The van der Waals surface area contributed by atoms with Crippen LogP contribution < -0.4 is 21.7 Å². The fraction of sp³-hybridized carbons (Fsp3) is 0.167. The number of amides is 1. The number of hydrogen-bond donors (Lipinski definition) is 4. The maximum absolute atomic E-state index is 14.6. The second kappa shape index (κ2) is 12.4. The lowest BCUT2D eigenvalue weighted by atomic mass is 10.1. The van der Waals surface area contributed by atoms with Crippen LogP contribution in [0.15, 0.2) is 65.7 Å². The molecule has 0 bridgehead atoms. The second-order valence-electron chi connectivity index (χ2n) is 7.84. The van der Waals surface area contributed by atoms with Crippen LogP contribution in [-0.2, 0) is 0 Å². The number of anilines is 2. The molecule has 14 heteroatoms. The van der Waals surface area contributed by atoms with Crippen LogP contribution in [0.3, 0.4) is 0 Å². The average Bonchev–Trinajstić information content (AvgIpc) is 2.83. The lowest BCUT2D eigenvalue weighted by molar-refractivity contribution is -0.149. The van der Waals surface area contributed by atoms with Gasteiger partial charge in [0.25, 0.3) is 5.91 Å². The molecule has 38 heavy (non-hydrogen) atoms. The van der Waals surface area contributed by atoms with Crippen LogP contribution in [-0.4, -0.2) is 30.3 Å². The van der Waals surface area contributed by atoms with E-state index in [1.54, 1.807) is 0 Å². The predicted molar refractivity (Wildman–Crippen MR) is 134 cm³/mol. The van der Waals surface area contributed by atoms with Gasteiger partial charge in [-0.05, 0) is 48.5 Å². The molecule has 0 radical (unpaired) electrons. The van der Waals surface area contributed by atoms with Crippen LogP contribution in [0.2, 0.25) is 10.0 Å². The Bertz CT molecular complexity index is 1340. The van der Waals surface area contributed by atoms with E-state index in [1.807, 2.05) is 0 Å². The molecule has 0 aromatic heterocycles. The Balaban J connectivity index is 2.01. The van der Waals surface area contributed by atoms with Crippen molar-refractivity contribution < 1.29 is 31.1 Å². The third-order valence-corrected chi connectivity index (χ3v) is 5.49. The summed E-state index contributed by atoms with van der Waals surface area (Å²) in [6.45, 7) is 0. The molecule has 3 rings (SSSR count). The second-order valence-corrected chi connectivity index (χ2v) is 8.69. The minimum Gasteiger partial charge on any atom is -0.364 e. The van der Waals surface area contributed by atoms with Gasteiger partial charge in [-0.1, -0.05) is 35.3 Å². The smallest absolute Gasteiger partial charge is 0.364 e. The van der Waals surface area contributed by atoms with Crippen molar-refractivity contribution in [3.63, 3.8) is 0 Å². The van der Waals surface area contributed by atoms with Crippen LogP contribution in [0.1, 0.15) is 16.8 Å². The highest BCUT2D eigenvalue weighted by Gasteiger charge is 2.38. The van der Waals surface area contributed by atoms with Crippen molar-refractivity contribution in [3.05, 3.63) is 93.7 Å². The van der Waals surface area contributed by atoms with Crippen LogP contribution in [0.5, 0.6) is 0 Å². The van der Waals surface area contributed by atoms with Crippen LogP contribution >= 0.6 is 23.2 Å². The Kier molecular flexibility index (Phi) is 9.47. The summed E-state index contributed by atoms with van der Waals surface area (Å²) in [6, 6.07) is 9.73. The minimum atomic E-state index is -4.79. The number of carbonyl (C=O) groups excluding carboxylic acids is 1. The van der Waals surface area contributed by atoms with Crippen molar-refractivity contribution in [3.8, 4) is 0 Å². The quantitative estimate of drug-likeness (QED) is 0.150. The summed E-state index contributed by atoms with van der Waals surface area (Å²) >= 11 is 11.7. The van der Waals surface area contributed by atoms with Gasteiger partial charge >= 0.3 is 6.18 Å². The van der Waals surface area contributed by atoms with E-state index < -0.39 is 54.1 Å². The number of alkyl halides is 3. The van der Waals surface area contributed by atoms with E-state index in [2.05, 4.69) is 20.9 Å². The zero-order valence-electron chi connectivity index (χ0n) is 19.1. The molecule has 2 unspecified atom stereocenters. The highest BCUT2D eigenvalue weighted by molar-refractivity contribution is 6.31. The lowest BCUT2D eigenvalue weighted by Gasteiger charge is -2.23. The van der Waals surface area contributed by atoms with Gasteiger partial charge in [0, 0.05) is 22.7 Å². The molecule has 0 heterocycles. The van der Waals surface area contributed by atoms with Crippen molar-refractivity contribution in [2.75, 3.05) is 10.6 Å². The number of nitrogens with one attached hydrogen (secondary N) is 3. The van der Waals surface area contributed by atoms with E-state index in [0.717, 1.165) is 6.07 Å². The number of nitrogens with zero attached hydrogens (tertiary/aromatic N) is 1. The lowest BCUT2D eigenvalue weighted by Crippen LogP contribution is -2.43. The van der Waals surface area contributed by atoms with Gasteiger partial charge < -0.3 is 16.4 Å². The van der Waals surface area contributed by atoms with Crippen LogP contribution in [0.25, 0.3) is 0 Å². The SMILES string of the molecule is NC(CC(N=C(NC(=O)c1ccc(F)c(F)c1)Nc1cccc(Cl)c1F)Nc1cccc(Cl)c1)C(F)(F)F. The molecule has 5 N–H and O–H groups in total. The molecular formula is C24H19Cl2F6N5O. The van der Waals surface area contributed by atoms with Gasteiger partial charge in [-0.25, -0.2) is 18.2 Å². The first-order chi connectivity index (χ1) is 17.8. The van der Waals surface area contributed by atoms with Crippen molar-refractivity contribution in [1.82, 2.24) is 5.32 Å². The molecule has 3 aromatic carbocycles. The summed E-state index contributed by atoms with van der Waals surface area (Å²) in [5.41, 5.74) is 4.93. The highest BCUT2D eigenvalue weighted by atomic mass is 35.5. The van der Waals surface area contributed by atoms with Gasteiger partial charge in [-0.3, -0.25) is 10.1 Å². The fourth-order valence-corrected chi connectivity index (χ4v) is 3.45. The molecule has 0 aliphatic rings. The van der Waals surface area contributed by atoms with Crippen molar-refractivity contribution >= 4 is 46.4 Å². The summed E-state index contributed by atoms with van der Waals surface area (Å²) < 4.78 is 81.3. The number of hydrogen-bond acceptors (Lipinski definition) is 4. The van der Waals surface area contributed by atoms with Gasteiger partial charge in [0.1, 0.15) is 12.2 Å². The number of rotatable bonds is 7. The largest absolute Gasteiger partial charge is 0.403 e. The monoisotopic (exact) mass is 577 g/mol. The maximum Gasteiger partial charge on any atom is 0.403 e. The summed E-state index contributed by atoms with van der Waals surface area (Å²) in [6.07, 6.45) is -7.05. The molecule has 0 fully saturated rings. The molecule has 0 spiro atoms. The summed E-state index contributed by atoms with van der Waals surface area (Å²) in [5, 5.41) is 7.38. The van der Waals surface area contributed by atoms with Crippen molar-refractivity contribution in [2.24, 2.45) is 10.7 Å². The van der Waals surface area contributed by atoms with Gasteiger partial charge in [-0.2, -0.15) is 13.2 Å². The van der Waals surface area contributed by atoms with E-state index >= 15 is 0 Å². The average molecular weight is 578 g/mol. The first-order valence-corrected chi connectivity index (χ1v) is 11.5. The number of nitrogens with two attached hydrogens (primary N) is 1. The first kappa shape index (κ1) is 29.1. The minimum absolute atomic E-state index is 0.265. The van der Waals surface area contributed by atoms with E-state index in [-0.39, 0.29) is 27.0 Å². The normalized spacial score (nSPS) is 13.6. The zero-order valence-corrected chi connectivity index (χ0v) is 20.6. The van der Waals surface area contributed by atoms with Crippen molar-refractivity contribution in [2.45, 2.75) is 24.8 Å². The number of guanidine groups is 1. The molecule has 6 nitrogen and oxygen atoms in total. The number of halogens is 8. The summed E-state index contributed by atoms with van der Waals surface area (Å²) in [4.78, 5) is 16.8. The van der Waals surface area contributed by atoms with Gasteiger partial charge in [-0.15, -0.1) is 0 Å². The summed E-state index contributed by atoms with van der Waals surface area (Å²) in [7, 11) is 0. The molecule has 3 aromatic rings. The van der Waals surface area contributed by atoms with E-state index in [0.29, 0.717) is 12.1 Å². The number of aliphatic imine (C=N–C) groups is 1. The molecular weight excluding hydrogens is 559 g/mol. The molecule has 1 amide bonds. The fourth-order valence-electron chi connectivity index (χ4n) is 3.09. The Morgan fingerprint density at radius 3 is 2.34 bits per heavy atom. The number of carbonyl (C=O) groups is 1. The van der Waals surface area contributed by atoms with E-state index in [4.69, 9.17) is 28.9 Å². The third kappa shape index (κ3) is 8.01. The Hall–Kier alpha value is -3.48. The topological polar surface area (TPSA) is 91.5 Å². The maximum atomic E-state index is 14.6. The summed E-state index contributed by atoms with van der Waals surface area (Å²) in [5.74, 6) is -5.05. The molecule has 0 saturated carbocycles.